The molecule has 0 aromatic heterocycles. The average Bonchev–Trinajstić information content (AvgIpc) is 2.50. The number of benzene rings is 1. The zero-order chi connectivity index (χ0) is 15.8. The van der Waals surface area contributed by atoms with E-state index < -0.39 is 6.04 Å². The molecule has 0 fully saturated rings. The van der Waals surface area contributed by atoms with Crippen LogP contribution in [0.25, 0.3) is 0 Å². The first-order chi connectivity index (χ1) is 9.95. The fraction of sp³-hybridized carbons (Fsp3) is 0.500. The number of hydrogen-bond acceptors (Lipinski definition) is 3. The largest absolute Gasteiger partial charge is 0.357 e. The SMILES string of the molecule is CNC(=O)C(NC(=O)CSC(C)C(C)C)c1ccccc1. The Balaban J connectivity index is 2.66. The van der Waals surface area contributed by atoms with E-state index >= 15 is 0 Å². The van der Waals surface area contributed by atoms with Gasteiger partial charge >= 0.3 is 0 Å². The molecule has 1 aromatic carbocycles. The molecule has 0 aliphatic rings. The second-order valence-electron chi connectivity index (χ2n) is 5.29. The van der Waals surface area contributed by atoms with Gasteiger partial charge in [-0.1, -0.05) is 51.1 Å². The van der Waals surface area contributed by atoms with E-state index in [1.807, 2.05) is 30.3 Å². The Labute approximate surface area is 131 Å². The molecule has 0 aliphatic heterocycles. The zero-order valence-electron chi connectivity index (χ0n) is 13.1. The van der Waals surface area contributed by atoms with Gasteiger partial charge in [-0.3, -0.25) is 9.59 Å². The van der Waals surface area contributed by atoms with Crippen molar-refractivity contribution in [3.63, 3.8) is 0 Å². The molecular weight excluding hydrogens is 284 g/mol. The van der Waals surface area contributed by atoms with Crippen LogP contribution in [-0.2, 0) is 9.59 Å². The standard InChI is InChI=1S/C16H24N2O2S/c1-11(2)12(3)21-10-14(19)18-15(16(20)17-4)13-8-6-5-7-9-13/h5-9,11-12,15H,10H2,1-4H3,(H,17,20)(H,18,19). The maximum atomic E-state index is 12.1. The first-order valence-corrected chi connectivity index (χ1v) is 8.18. The summed E-state index contributed by atoms with van der Waals surface area (Å²) in [5.74, 6) is 0.549. The Morgan fingerprint density at radius 2 is 1.76 bits per heavy atom. The molecule has 0 saturated heterocycles. The highest BCUT2D eigenvalue weighted by Gasteiger charge is 2.21. The van der Waals surface area contributed by atoms with Crippen LogP contribution in [0.1, 0.15) is 32.4 Å². The third kappa shape index (κ3) is 5.79. The molecule has 21 heavy (non-hydrogen) atoms. The predicted molar refractivity (Wildman–Crippen MR) is 88.2 cm³/mol. The third-order valence-electron chi connectivity index (χ3n) is 3.36. The molecule has 1 rings (SSSR count). The summed E-state index contributed by atoms with van der Waals surface area (Å²) in [7, 11) is 1.57. The van der Waals surface area contributed by atoms with Crippen molar-refractivity contribution in [2.75, 3.05) is 12.8 Å². The summed E-state index contributed by atoms with van der Waals surface area (Å²) < 4.78 is 0. The van der Waals surface area contributed by atoms with E-state index in [0.29, 0.717) is 16.9 Å². The highest BCUT2D eigenvalue weighted by molar-refractivity contribution is 8.00. The van der Waals surface area contributed by atoms with E-state index in [9.17, 15) is 9.59 Å². The van der Waals surface area contributed by atoms with E-state index in [-0.39, 0.29) is 11.8 Å². The predicted octanol–water partition coefficient (Wildman–Crippen LogP) is 2.37. The van der Waals surface area contributed by atoms with Crippen LogP contribution in [0, 0.1) is 5.92 Å². The molecule has 0 saturated carbocycles. The molecule has 2 amide bonds. The van der Waals surface area contributed by atoms with Crippen molar-refractivity contribution >= 4 is 23.6 Å². The second-order valence-corrected chi connectivity index (χ2v) is 6.65. The lowest BCUT2D eigenvalue weighted by Crippen LogP contribution is -2.40. The first kappa shape index (κ1) is 17.6. The molecule has 0 spiro atoms. The van der Waals surface area contributed by atoms with Gasteiger partial charge < -0.3 is 10.6 Å². The quantitative estimate of drug-likeness (QED) is 0.813. The van der Waals surface area contributed by atoms with Crippen LogP contribution < -0.4 is 10.6 Å². The van der Waals surface area contributed by atoms with Crippen LogP contribution in [-0.4, -0.2) is 29.9 Å². The average molecular weight is 308 g/mol. The monoisotopic (exact) mass is 308 g/mol. The molecule has 4 nitrogen and oxygen atoms in total. The van der Waals surface area contributed by atoms with Crippen molar-refractivity contribution in [3.05, 3.63) is 35.9 Å². The molecule has 0 radical (unpaired) electrons. The van der Waals surface area contributed by atoms with Crippen molar-refractivity contribution in [1.29, 1.82) is 0 Å². The number of rotatable bonds is 7. The van der Waals surface area contributed by atoms with Crippen LogP contribution in [0.15, 0.2) is 30.3 Å². The Morgan fingerprint density at radius 3 is 2.29 bits per heavy atom. The summed E-state index contributed by atoms with van der Waals surface area (Å²) >= 11 is 1.61. The van der Waals surface area contributed by atoms with Crippen molar-refractivity contribution in [2.24, 2.45) is 5.92 Å². The number of thioether (sulfide) groups is 1. The summed E-state index contributed by atoms with van der Waals surface area (Å²) in [6.45, 7) is 6.37. The maximum absolute atomic E-state index is 12.1. The van der Waals surface area contributed by atoms with Gasteiger partial charge in [-0.15, -0.1) is 11.8 Å². The van der Waals surface area contributed by atoms with Crippen LogP contribution >= 0.6 is 11.8 Å². The topological polar surface area (TPSA) is 58.2 Å². The Morgan fingerprint density at radius 1 is 1.14 bits per heavy atom. The molecule has 116 valence electrons. The minimum absolute atomic E-state index is 0.120. The number of carbonyl (C=O) groups excluding carboxylic acids is 2. The normalized spacial score (nSPS) is 13.6. The van der Waals surface area contributed by atoms with E-state index in [4.69, 9.17) is 0 Å². The van der Waals surface area contributed by atoms with Gasteiger partial charge in [0, 0.05) is 12.3 Å². The van der Waals surface area contributed by atoms with Crippen LogP contribution in [0.5, 0.6) is 0 Å². The zero-order valence-corrected chi connectivity index (χ0v) is 13.9. The smallest absolute Gasteiger partial charge is 0.246 e. The summed E-state index contributed by atoms with van der Waals surface area (Å²) in [5.41, 5.74) is 0.784. The lowest BCUT2D eigenvalue weighted by atomic mass is 10.1. The van der Waals surface area contributed by atoms with Gasteiger partial charge in [0.25, 0.3) is 0 Å². The lowest BCUT2D eigenvalue weighted by molar-refractivity contribution is -0.127. The highest BCUT2D eigenvalue weighted by Crippen LogP contribution is 2.19. The summed E-state index contributed by atoms with van der Waals surface area (Å²) in [6, 6.07) is 8.62. The van der Waals surface area contributed by atoms with Crippen LogP contribution in [0.3, 0.4) is 0 Å². The van der Waals surface area contributed by atoms with Gasteiger partial charge in [-0.25, -0.2) is 0 Å². The van der Waals surface area contributed by atoms with Crippen LogP contribution in [0.4, 0.5) is 0 Å². The number of likely N-dealkylation sites (N-methyl/N-ethyl adjacent to an activating group) is 1. The number of carbonyl (C=O) groups is 2. The fourth-order valence-corrected chi connectivity index (χ4v) is 2.57. The van der Waals surface area contributed by atoms with Gasteiger partial charge in [-0.05, 0) is 11.5 Å². The van der Waals surface area contributed by atoms with Crippen molar-refractivity contribution < 1.29 is 9.59 Å². The number of amides is 2. The summed E-state index contributed by atoms with van der Waals surface area (Å²) in [4.78, 5) is 24.0. The van der Waals surface area contributed by atoms with Gasteiger partial charge in [0.05, 0.1) is 5.75 Å². The van der Waals surface area contributed by atoms with Gasteiger partial charge in [0.1, 0.15) is 6.04 Å². The van der Waals surface area contributed by atoms with Gasteiger partial charge in [0.15, 0.2) is 0 Å². The lowest BCUT2D eigenvalue weighted by Gasteiger charge is -2.19. The van der Waals surface area contributed by atoms with E-state index in [0.717, 1.165) is 5.56 Å². The van der Waals surface area contributed by atoms with E-state index in [2.05, 4.69) is 31.4 Å². The van der Waals surface area contributed by atoms with E-state index in [1.165, 1.54) is 0 Å². The highest BCUT2D eigenvalue weighted by atomic mass is 32.2. The molecule has 1 aromatic rings. The summed E-state index contributed by atoms with van der Waals surface area (Å²) in [5, 5.41) is 5.81. The molecule has 0 heterocycles. The number of hydrogen-bond donors (Lipinski definition) is 2. The molecular formula is C16H24N2O2S. The van der Waals surface area contributed by atoms with Crippen molar-refractivity contribution in [1.82, 2.24) is 10.6 Å². The third-order valence-corrected chi connectivity index (χ3v) is 4.86. The Hall–Kier alpha value is -1.49. The Bertz CT molecular complexity index is 463. The first-order valence-electron chi connectivity index (χ1n) is 7.13. The molecule has 0 bridgehead atoms. The van der Waals surface area contributed by atoms with Crippen molar-refractivity contribution in [3.8, 4) is 0 Å². The molecule has 2 unspecified atom stereocenters. The van der Waals surface area contributed by atoms with Crippen molar-refractivity contribution in [2.45, 2.75) is 32.1 Å². The second kappa shape index (κ2) is 8.72. The maximum Gasteiger partial charge on any atom is 0.246 e. The molecule has 5 heteroatoms. The molecule has 2 atom stereocenters. The Kier molecular flexibility index (Phi) is 7.29. The van der Waals surface area contributed by atoms with E-state index in [1.54, 1.807) is 18.8 Å². The number of nitrogens with one attached hydrogen (secondary N) is 2. The minimum Gasteiger partial charge on any atom is -0.357 e. The summed E-state index contributed by atoms with van der Waals surface area (Å²) in [6.07, 6.45) is 0. The molecule has 0 aliphatic carbocycles. The fourth-order valence-electron chi connectivity index (χ4n) is 1.69. The van der Waals surface area contributed by atoms with Gasteiger partial charge in [0.2, 0.25) is 11.8 Å². The van der Waals surface area contributed by atoms with Gasteiger partial charge in [-0.2, -0.15) is 0 Å². The molecule has 2 N–H and O–H groups in total. The minimum atomic E-state index is -0.640. The van der Waals surface area contributed by atoms with Crippen LogP contribution in [0.2, 0.25) is 0 Å².